The predicted octanol–water partition coefficient (Wildman–Crippen LogP) is 2.27. The molecule has 158 valence electrons. The van der Waals surface area contributed by atoms with E-state index in [1.54, 1.807) is 0 Å². The van der Waals surface area contributed by atoms with E-state index in [0.29, 0.717) is 25.1 Å². The molecule has 3 heterocycles. The van der Waals surface area contributed by atoms with Gasteiger partial charge in [0.1, 0.15) is 5.78 Å². The molecule has 6 rings (SSSR count). The lowest BCUT2D eigenvalue weighted by Gasteiger charge is -2.64. The maximum absolute atomic E-state index is 13.7. The number of Topliss-reactive ketones (excluding diaryl/α,β-unsaturated/α-hetero) is 1. The first kappa shape index (κ1) is 18.4. The van der Waals surface area contributed by atoms with Crippen molar-refractivity contribution in [2.75, 3.05) is 32.2 Å². The molecule has 7 nitrogen and oxygen atoms in total. The first-order valence-corrected chi connectivity index (χ1v) is 10.8. The molecule has 0 radical (unpaired) electrons. The summed E-state index contributed by atoms with van der Waals surface area (Å²) in [7, 11) is 2.71. The monoisotopic (exact) mass is 410 g/mol. The number of benzene rings is 1. The number of piperidine rings is 1. The molecule has 5 aliphatic rings. The van der Waals surface area contributed by atoms with Gasteiger partial charge in [-0.3, -0.25) is 14.6 Å². The van der Waals surface area contributed by atoms with E-state index in [9.17, 15) is 14.4 Å². The van der Waals surface area contributed by atoms with E-state index in [4.69, 9.17) is 9.47 Å². The summed E-state index contributed by atoms with van der Waals surface area (Å²) in [6.45, 7) is 1.57. The summed E-state index contributed by atoms with van der Waals surface area (Å²) < 4.78 is 10.6. The number of hydrogen-bond donors (Lipinski definition) is 0. The van der Waals surface area contributed by atoms with E-state index < -0.39 is 23.0 Å². The van der Waals surface area contributed by atoms with Gasteiger partial charge >= 0.3 is 12.1 Å². The Morgan fingerprint density at radius 3 is 2.67 bits per heavy atom. The largest absolute Gasteiger partial charge is 0.467 e. The van der Waals surface area contributed by atoms with E-state index in [-0.39, 0.29) is 23.2 Å². The number of carbonyl (C=O) groups excluding carboxylic acids is 3. The second-order valence-electron chi connectivity index (χ2n) is 9.60. The van der Waals surface area contributed by atoms with Crippen LogP contribution in [0.1, 0.15) is 37.7 Å². The molecule has 1 aromatic rings. The Bertz CT molecular complexity index is 994. The van der Waals surface area contributed by atoms with Crippen molar-refractivity contribution in [3.8, 4) is 0 Å². The van der Waals surface area contributed by atoms with Gasteiger partial charge in [0.15, 0.2) is 5.54 Å². The molecule has 0 N–H and O–H groups in total. The van der Waals surface area contributed by atoms with Crippen LogP contribution in [-0.4, -0.2) is 61.6 Å². The zero-order chi connectivity index (χ0) is 20.9. The van der Waals surface area contributed by atoms with Crippen molar-refractivity contribution in [3.63, 3.8) is 0 Å². The van der Waals surface area contributed by atoms with E-state index in [2.05, 4.69) is 4.90 Å². The first-order chi connectivity index (χ1) is 14.5. The maximum atomic E-state index is 13.7. The van der Waals surface area contributed by atoms with Crippen LogP contribution in [0.25, 0.3) is 0 Å². The second kappa shape index (κ2) is 5.63. The van der Waals surface area contributed by atoms with Crippen LogP contribution in [0.15, 0.2) is 24.3 Å². The molecule has 1 amide bonds. The molecule has 5 atom stereocenters. The molecular weight excluding hydrogens is 384 g/mol. The topological polar surface area (TPSA) is 76.2 Å². The molecule has 1 aromatic carbocycles. The Morgan fingerprint density at radius 2 is 1.90 bits per heavy atom. The molecular formula is C23H26N2O5. The van der Waals surface area contributed by atoms with E-state index in [1.165, 1.54) is 19.1 Å². The van der Waals surface area contributed by atoms with Crippen molar-refractivity contribution in [2.24, 2.45) is 11.3 Å². The van der Waals surface area contributed by atoms with Crippen molar-refractivity contribution in [2.45, 2.75) is 49.1 Å². The minimum atomic E-state index is -1.26. The summed E-state index contributed by atoms with van der Waals surface area (Å²) in [4.78, 5) is 44.5. The van der Waals surface area contributed by atoms with Crippen molar-refractivity contribution < 1.29 is 23.9 Å². The second-order valence-corrected chi connectivity index (χ2v) is 9.60. The van der Waals surface area contributed by atoms with Gasteiger partial charge in [0.05, 0.1) is 25.3 Å². The summed E-state index contributed by atoms with van der Waals surface area (Å²) >= 11 is 0. The highest BCUT2D eigenvalue weighted by Crippen LogP contribution is 2.73. The maximum Gasteiger partial charge on any atom is 0.415 e. The number of amides is 1. The van der Waals surface area contributed by atoms with Crippen LogP contribution in [0.2, 0.25) is 0 Å². The average Bonchev–Trinajstić information content (AvgIpc) is 3.23. The van der Waals surface area contributed by atoms with Crippen molar-refractivity contribution in [1.29, 1.82) is 0 Å². The van der Waals surface area contributed by atoms with Crippen LogP contribution in [0.4, 0.5) is 10.5 Å². The number of methoxy groups -OCH3 is 2. The number of anilines is 1. The molecule has 2 aliphatic carbocycles. The third-order valence-corrected chi connectivity index (χ3v) is 8.90. The standard InChI is InChI=1S/C23H26N2O5/c1-29-19(27)22-10-9-21-8-5-11-24-13-15(17(26)12-21)23(22,18(21)24)14-6-3-4-7-16(14)25(22)20(28)30-2/h3-4,6-7,15,18H,5,8-13H2,1-2H3/t15?,18-,21?,22+,23-/m0/s1. The van der Waals surface area contributed by atoms with E-state index in [1.807, 2.05) is 24.3 Å². The number of ether oxygens (including phenoxy) is 2. The molecule has 2 saturated heterocycles. The Kier molecular flexibility index (Phi) is 3.45. The summed E-state index contributed by atoms with van der Waals surface area (Å²) in [5.41, 5.74) is -0.590. The highest BCUT2D eigenvalue weighted by Gasteiger charge is 2.84. The van der Waals surface area contributed by atoms with Crippen molar-refractivity contribution in [1.82, 2.24) is 4.90 Å². The highest BCUT2D eigenvalue weighted by molar-refractivity contribution is 6.07. The van der Waals surface area contributed by atoms with Crippen LogP contribution >= 0.6 is 0 Å². The fourth-order valence-electron chi connectivity index (χ4n) is 8.29. The number of carbonyl (C=O) groups is 3. The lowest BCUT2D eigenvalue weighted by Crippen LogP contribution is -2.78. The van der Waals surface area contributed by atoms with Gasteiger partial charge in [0.2, 0.25) is 0 Å². The van der Waals surface area contributed by atoms with Crippen LogP contribution in [0.5, 0.6) is 0 Å². The molecule has 4 bridgehead atoms. The molecule has 4 fully saturated rings. The Hall–Kier alpha value is -2.41. The quantitative estimate of drug-likeness (QED) is 0.661. The zero-order valence-corrected chi connectivity index (χ0v) is 17.3. The molecule has 0 aromatic heterocycles. The van der Waals surface area contributed by atoms with Gasteiger partial charge in [-0.05, 0) is 49.3 Å². The highest BCUT2D eigenvalue weighted by atomic mass is 16.5. The predicted molar refractivity (Wildman–Crippen MR) is 107 cm³/mol. The summed E-state index contributed by atoms with van der Waals surface area (Å²) in [5.74, 6) is -0.543. The molecule has 7 heteroatoms. The molecule has 2 saturated carbocycles. The minimum absolute atomic E-state index is 0.0464. The lowest BCUT2D eigenvalue weighted by atomic mass is 9.41. The number of rotatable bonds is 1. The van der Waals surface area contributed by atoms with Gasteiger partial charge in [-0.25, -0.2) is 9.59 Å². The number of fused-ring (bicyclic) bond motifs is 1. The third-order valence-electron chi connectivity index (χ3n) is 8.90. The van der Waals surface area contributed by atoms with Gasteiger partial charge in [-0.15, -0.1) is 0 Å². The number of para-hydroxylation sites is 1. The lowest BCUT2D eigenvalue weighted by molar-refractivity contribution is -0.166. The molecule has 1 spiro atoms. The Morgan fingerprint density at radius 1 is 1.10 bits per heavy atom. The fraction of sp³-hybridized carbons (Fsp3) is 0.609. The van der Waals surface area contributed by atoms with Gasteiger partial charge in [-0.1, -0.05) is 18.2 Å². The normalized spacial score (nSPS) is 40.6. The Balaban J connectivity index is 1.74. The molecule has 30 heavy (non-hydrogen) atoms. The van der Waals surface area contributed by atoms with Gasteiger partial charge in [-0.2, -0.15) is 0 Å². The van der Waals surface area contributed by atoms with Gasteiger partial charge in [0, 0.05) is 24.9 Å². The van der Waals surface area contributed by atoms with Gasteiger partial charge in [0.25, 0.3) is 0 Å². The molecule has 2 unspecified atom stereocenters. The number of hydrogen-bond acceptors (Lipinski definition) is 6. The van der Waals surface area contributed by atoms with Crippen molar-refractivity contribution >= 4 is 23.5 Å². The van der Waals surface area contributed by atoms with Crippen LogP contribution in [0, 0.1) is 11.3 Å². The third kappa shape index (κ3) is 1.66. The first-order valence-electron chi connectivity index (χ1n) is 10.8. The van der Waals surface area contributed by atoms with Crippen LogP contribution in [-0.2, 0) is 24.5 Å². The van der Waals surface area contributed by atoms with Crippen LogP contribution < -0.4 is 4.90 Å². The molecule has 3 aliphatic heterocycles. The number of esters is 1. The summed E-state index contributed by atoms with van der Waals surface area (Å²) in [6.07, 6.45) is 3.28. The van der Waals surface area contributed by atoms with Gasteiger partial charge < -0.3 is 9.47 Å². The van der Waals surface area contributed by atoms with Crippen LogP contribution in [0.3, 0.4) is 0 Å². The fourth-order valence-corrected chi connectivity index (χ4v) is 8.29. The van der Waals surface area contributed by atoms with E-state index in [0.717, 1.165) is 31.4 Å². The summed E-state index contributed by atoms with van der Waals surface area (Å²) in [5, 5.41) is 0. The number of nitrogens with zero attached hydrogens (tertiary/aromatic N) is 2. The average molecular weight is 410 g/mol. The van der Waals surface area contributed by atoms with Crippen molar-refractivity contribution in [3.05, 3.63) is 29.8 Å². The summed E-state index contributed by atoms with van der Waals surface area (Å²) in [6, 6.07) is 7.75. The van der Waals surface area contributed by atoms with E-state index >= 15 is 0 Å². The SMILES string of the molecule is COC(=O)N1c2ccccc2[C@@]23C4CN5CCCC(CC[C@]12C(=O)OC)(CC4=O)[C@H]53. The smallest absolute Gasteiger partial charge is 0.415 e. The minimum Gasteiger partial charge on any atom is -0.467 e. The number of ketones is 1. The Labute approximate surface area is 175 Å². The zero-order valence-electron chi connectivity index (χ0n) is 17.3.